The number of hydrogen-bond acceptors (Lipinski definition) is 4. The first kappa shape index (κ1) is 14.4. The zero-order valence-electron chi connectivity index (χ0n) is 12.4. The SMILES string of the molecule is O=C(C1CN(Cc2ccoc2)Cc2cncn21)N1CC(F)(F)C1. The number of likely N-dealkylation sites (tertiary alicyclic amines) is 1. The van der Waals surface area contributed by atoms with Crippen LogP contribution in [0.15, 0.2) is 35.5 Å². The van der Waals surface area contributed by atoms with Crippen LogP contribution >= 0.6 is 0 Å². The number of carbonyl (C=O) groups is 1. The molecule has 0 radical (unpaired) electrons. The molecular formula is C15H16F2N4O2. The Kier molecular flexibility index (Phi) is 3.22. The fraction of sp³-hybridized carbons (Fsp3) is 0.467. The molecule has 2 aliphatic rings. The van der Waals surface area contributed by atoms with Crippen molar-refractivity contribution in [2.75, 3.05) is 19.6 Å². The molecule has 4 heterocycles. The lowest BCUT2D eigenvalue weighted by Gasteiger charge is -2.42. The first-order chi connectivity index (χ1) is 11.0. The first-order valence-electron chi connectivity index (χ1n) is 7.43. The molecule has 6 nitrogen and oxygen atoms in total. The van der Waals surface area contributed by atoms with Gasteiger partial charge in [0, 0.05) is 31.4 Å². The Morgan fingerprint density at radius 2 is 2.26 bits per heavy atom. The van der Waals surface area contributed by atoms with Crippen molar-refractivity contribution in [1.82, 2.24) is 19.4 Å². The molecular weight excluding hydrogens is 306 g/mol. The van der Waals surface area contributed by atoms with E-state index in [1.54, 1.807) is 29.6 Å². The third-order valence-corrected chi connectivity index (χ3v) is 4.33. The maximum Gasteiger partial charge on any atom is 0.282 e. The van der Waals surface area contributed by atoms with Crippen LogP contribution in [0.3, 0.4) is 0 Å². The second-order valence-electron chi connectivity index (χ2n) is 6.16. The Balaban J connectivity index is 1.53. The van der Waals surface area contributed by atoms with Crippen LogP contribution in [0, 0.1) is 0 Å². The lowest BCUT2D eigenvalue weighted by atomic mass is 10.1. The average Bonchev–Trinajstić information content (AvgIpc) is 3.14. The summed E-state index contributed by atoms with van der Waals surface area (Å²) in [6.45, 7) is 0.782. The largest absolute Gasteiger partial charge is 0.472 e. The third kappa shape index (κ3) is 2.63. The molecule has 1 atom stereocenters. The van der Waals surface area contributed by atoms with Gasteiger partial charge in [-0.05, 0) is 6.07 Å². The predicted molar refractivity (Wildman–Crippen MR) is 75.6 cm³/mol. The fourth-order valence-corrected chi connectivity index (χ4v) is 3.20. The molecule has 1 saturated heterocycles. The van der Waals surface area contributed by atoms with E-state index >= 15 is 0 Å². The molecule has 2 aromatic heterocycles. The van der Waals surface area contributed by atoms with Crippen LogP contribution in [0.25, 0.3) is 0 Å². The number of halogens is 2. The quantitative estimate of drug-likeness (QED) is 0.859. The van der Waals surface area contributed by atoms with Crippen molar-refractivity contribution in [3.05, 3.63) is 42.4 Å². The van der Waals surface area contributed by atoms with E-state index in [2.05, 4.69) is 9.88 Å². The summed E-state index contributed by atoms with van der Waals surface area (Å²) in [7, 11) is 0. The Morgan fingerprint density at radius 3 is 2.96 bits per heavy atom. The number of imidazole rings is 1. The number of amides is 1. The van der Waals surface area contributed by atoms with Gasteiger partial charge in [-0.1, -0.05) is 0 Å². The number of fused-ring (bicyclic) bond motifs is 1. The fourth-order valence-electron chi connectivity index (χ4n) is 3.20. The molecule has 1 amide bonds. The van der Waals surface area contributed by atoms with Gasteiger partial charge >= 0.3 is 0 Å². The van der Waals surface area contributed by atoms with E-state index in [0.29, 0.717) is 19.6 Å². The molecule has 0 bridgehead atoms. The summed E-state index contributed by atoms with van der Waals surface area (Å²) in [5.41, 5.74) is 1.92. The minimum atomic E-state index is -2.75. The Labute approximate surface area is 131 Å². The summed E-state index contributed by atoms with van der Waals surface area (Å²) >= 11 is 0. The van der Waals surface area contributed by atoms with Crippen molar-refractivity contribution in [3.8, 4) is 0 Å². The van der Waals surface area contributed by atoms with Crippen molar-refractivity contribution in [3.63, 3.8) is 0 Å². The second-order valence-corrected chi connectivity index (χ2v) is 6.16. The van der Waals surface area contributed by atoms with Gasteiger partial charge in [0.05, 0.1) is 37.6 Å². The van der Waals surface area contributed by atoms with E-state index in [-0.39, 0.29) is 5.91 Å². The average molecular weight is 322 g/mol. The van der Waals surface area contributed by atoms with Gasteiger partial charge in [-0.3, -0.25) is 9.69 Å². The molecule has 2 aliphatic heterocycles. The number of rotatable bonds is 3. The highest BCUT2D eigenvalue weighted by Crippen LogP contribution is 2.31. The van der Waals surface area contributed by atoms with Crippen LogP contribution in [-0.2, 0) is 17.9 Å². The molecule has 1 unspecified atom stereocenters. The molecule has 122 valence electrons. The molecule has 4 rings (SSSR count). The summed E-state index contributed by atoms with van der Waals surface area (Å²) < 4.78 is 33.0. The zero-order chi connectivity index (χ0) is 16.0. The van der Waals surface area contributed by atoms with Crippen molar-refractivity contribution in [2.24, 2.45) is 0 Å². The number of alkyl halides is 2. The van der Waals surface area contributed by atoms with Crippen LogP contribution < -0.4 is 0 Å². The topological polar surface area (TPSA) is 54.5 Å². The van der Waals surface area contributed by atoms with Crippen molar-refractivity contribution in [1.29, 1.82) is 0 Å². The molecule has 8 heteroatoms. The normalized spacial score (nSPS) is 23.4. The van der Waals surface area contributed by atoms with Crippen molar-refractivity contribution in [2.45, 2.75) is 25.1 Å². The van der Waals surface area contributed by atoms with E-state index in [4.69, 9.17) is 4.42 Å². The zero-order valence-corrected chi connectivity index (χ0v) is 12.4. The Hall–Kier alpha value is -2.22. The Bertz CT molecular complexity index is 705. The van der Waals surface area contributed by atoms with Crippen LogP contribution in [0.1, 0.15) is 17.3 Å². The number of nitrogens with zero attached hydrogens (tertiary/aromatic N) is 4. The summed E-state index contributed by atoms with van der Waals surface area (Å²) in [5, 5.41) is 0. The van der Waals surface area contributed by atoms with Gasteiger partial charge in [0.25, 0.3) is 5.92 Å². The van der Waals surface area contributed by atoms with Crippen LogP contribution in [0.5, 0.6) is 0 Å². The molecule has 0 saturated carbocycles. The van der Waals surface area contributed by atoms with E-state index in [0.717, 1.165) is 11.3 Å². The van der Waals surface area contributed by atoms with E-state index in [1.807, 2.05) is 6.07 Å². The standard InChI is InChI=1S/C15H16F2N4O2/c16-15(17)8-20(9-15)14(22)13-6-19(4-11-1-2-23-7-11)5-12-3-18-10-21(12)13/h1-3,7,10,13H,4-6,8-9H2. The minimum Gasteiger partial charge on any atom is -0.472 e. The summed E-state index contributed by atoms with van der Waals surface area (Å²) in [5.74, 6) is -3.02. The predicted octanol–water partition coefficient (Wildman–Crippen LogP) is 1.51. The number of carbonyl (C=O) groups excluding carboxylic acids is 1. The van der Waals surface area contributed by atoms with Crippen molar-refractivity contribution >= 4 is 5.91 Å². The van der Waals surface area contributed by atoms with Gasteiger partial charge in [0.15, 0.2) is 0 Å². The van der Waals surface area contributed by atoms with Gasteiger partial charge < -0.3 is 13.9 Å². The number of furan rings is 1. The number of hydrogen-bond donors (Lipinski definition) is 0. The van der Waals surface area contributed by atoms with Gasteiger partial charge in [-0.15, -0.1) is 0 Å². The van der Waals surface area contributed by atoms with Gasteiger partial charge in [-0.2, -0.15) is 0 Å². The van der Waals surface area contributed by atoms with Crippen molar-refractivity contribution < 1.29 is 18.0 Å². The molecule has 23 heavy (non-hydrogen) atoms. The van der Waals surface area contributed by atoms with Crippen LogP contribution in [0.4, 0.5) is 8.78 Å². The lowest BCUT2D eigenvalue weighted by molar-refractivity contribution is -0.170. The maximum atomic E-state index is 13.0. The second kappa shape index (κ2) is 5.16. The molecule has 0 aromatic carbocycles. The van der Waals surface area contributed by atoms with E-state index in [9.17, 15) is 13.6 Å². The van der Waals surface area contributed by atoms with Crippen LogP contribution in [0.2, 0.25) is 0 Å². The van der Waals surface area contributed by atoms with Gasteiger partial charge in [0.1, 0.15) is 6.04 Å². The monoisotopic (exact) mass is 322 g/mol. The maximum absolute atomic E-state index is 13.0. The lowest BCUT2D eigenvalue weighted by Crippen LogP contribution is -2.61. The minimum absolute atomic E-state index is 0.271. The molecule has 2 aromatic rings. The Morgan fingerprint density at radius 1 is 1.43 bits per heavy atom. The van der Waals surface area contributed by atoms with Crippen LogP contribution in [-0.4, -0.2) is 50.8 Å². The molecule has 0 spiro atoms. The molecule has 0 N–H and O–H groups in total. The highest BCUT2D eigenvalue weighted by Gasteiger charge is 2.48. The highest BCUT2D eigenvalue weighted by atomic mass is 19.3. The molecule has 0 aliphatic carbocycles. The third-order valence-electron chi connectivity index (χ3n) is 4.33. The smallest absolute Gasteiger partial charge is 0.282 e. The summed E-state index contributed by atoms with van der Waals surface area (Å²) in [6, 6.07) is 1.36. The molecule has 1 fully saturated rings. The van der Waals surface area contributed by atoms with Gasteiger partial charge in [0.2, 0.25) is 5.91 Å². The summed E-state index contributed by atoms with van der Waals surface area (Å²) in [4.78, 5) is 20.0. The first-order valence-corrected chi connectivity index (χ1v) is 7.43. The van der Waals surface area contributed by atoms with E-state index in [1.165, 1.54) is 4.90 Å². The van der Waals surface area contributed by atoms with E-state index < -0.39 is 25.1 Å². The summed E-state index contributed by atoms with van der Waals surface area (Å²) in [6.07, 6.45) is 6.59. The van der Waals surface area contributed by atoms with Gasteiger partial charge in [-0.25, -0.2) is 13.8 Å². The number of aromatic nitrogens is 2. The highest BCUT2D eigenvalue weighted by molar-refractivity contribution is 5.82.